The summed E-state index contributed by atoms with van der Waals surface area (Å²) in [5, 5.41) is 0. The molecule has 2 rings (SSSR count). The van der Waals surface area contributed by atoms with E-state index in [1.807, 2.05) is 24.4 Å². The van der Waals surface area contributed by atoms with Crippen molar-refractivity contribution in [2.75, 3.05) is 13.6 Å². The number of hydrogen-bond acceptors (Lipinski definition) is 4. The van der Waals surface area contributed by atoms with Crippen LogP contribution < -0.4 is 5.73 Å². The molecular weight excluding hydrogens is 246 g/mol. The zero-order valence-corrected chi connectivity index (χ0v) is 11.9. The van der Waals surface area contributed by atoms with E-state index in [0.29, 0.717) is 13.1 Å². The molecule has 0 saturated heterocycles. The second-order valence-electron chi connectivity index (χ2n) is 5.21. The van der Waals surface area contributed by atoms with Crippen molar-refractivity contribution >= 4 is 17.2 Å². The van der Waals surface area contributed by atoms with E-state index < -0.39 is 0 Å². The highest BCUT2D eigenvalue weighted by Gasteiger charge is 2.41. The Bertz CT molecular complexity index is 424. The van der Waals surface area contributed by atoms with Gasteiger partial charge in [0.15, 0.2) is 0 Å². The van der Waals surface area contributed by atoms with Crippen LogP contribution in [-0.2, 0) is 11.3 Å². The molecule has 1 amide bonds. The molecule has 1 fully saturated rings. The molecule has 1 aromatic rings. The Morgan fingerprint density at radius 3 is 2.72 bits per heavy atom. The lowest BCUT2D eigenvalue weighted by Crippen LogP contribution is -2.44. The van der Waals surface area contributed by atoms with Gasteiger partial charge < -0.3 is 10.6 Å². The van der Waals surface area contributed by atoms with Gasteiger partial charge in [-0.05, 0) is 19.8 Å². The first-order valence-electron chi connectivity index (χ1n) is 6.44. The summed E-state index contributed by atoms with van der Waals surface area (Å²) in [4.78, 5) is 19.8. The van der Waals surface area contributed by atoms with Crippen molar-refractivity contribution in [1.82, 2.24) is 9.88 Å². The van der Waals surface area contributed by atoms with Gasteiger partial charge in [0.1, 0.15) is 0 Å². The Hall–Kier alpha value is -0.940. The Labute approximate surface area is 112 Å². The Morgan fingerprint density at radius 2 is 2.22 bits per heavy atom. The number of amides is 1. The van der Waals surface area contributed by atoms with E-state index in [9.17, 15) is 4.79 Å². The molecule has 0 atom stereocenters. The third-order valence-corrected chi connectivity index (χ3v) is 4.90. The molecule has 18 heavy (non-hydrogen) atoms. The maximum Gasteiger partial charge on any atom is 0.230 e. The number of thiazole rings is 1. The van der Waals surface area contributed by atoms with Crippen LogP contribution in [0.5, 0.6) is 0 Å². The molecule has 1 heterocycles. The van der Waals surface area contributed by atoms with Gasteiger partial charge in [-0.1, -0.05) is 12.8 Å². The zero-order valence-electron chi connectivity index (χ0n) is 11.1. The van der Waals surface area contributed by atoms with E-state index >= 15 is 0 Å². The SMILES string of the molecule is Cc1ncsc1CN(C)C(=O)C1(CN)CCCC1. The lowest BCUT2D eigenvalue weighted by atomic mass is 9.85. The topological polar surface area (TPSA) is 59.2 Å². The van der Waals surface area contributed by atoms with Crippen molar-refractivity contribution in [3.8, 4) is 0 Å². The highest BCUT2D eigenvalue weighted by atomic mass is 32.1. The molecule has 5 heteroatoms. The van der Waals surface area contributed by atoms with Crippen LogP contribution in [0.3, 0.4) is 0 Å². The van der Waals surface area contributed by atoms with Crippen LogP contribution in [0.25, 0.3) is 0 Å². The number of aryl methyl sites for hydroxylation is 1. The third kappa shape index (κ3) is 2.42. The largest absolute Gasteiger partial charge is 0.340 e. The first-order chi connectivity index (χ1) is 8.59. The van der Waals surface area contributed by atoms with E-state index in [1.54, 1.807) is 11.3 Å². The van der Waals surface area contributed by atoms with Crippen molar-refractivity contribution in [2.24, 2.45) is 11.1 Å². The minimum Gasteiger partial charge on any atom is -0.340 e. The van der Waals surface area contributed by atoms with Crippen LogP contribution >= 0.6 is 11.3 Å². The first kappa shape index (κ1) is 13.5. The van der Waals surface area contributed by atoms with Gasteiger partial charge in [0.25, 0.3) is 0 Å². The summed E-state index contributed by atoms with van der Waals surface area (Å²) in [7, 11) is 1.87. The van der Waals surface area contributed by atoms with Gasteiger partial charge >= 0.3 is 0 Å². The number of hydrogen-bond donors (Lipinski definition) is 1. The van der Waals surface area contributed by atoms with Crippen molar-refractivity contribution in [1.29, 1.82) is 0 Å². The van der Waals surface area contributed by atoms with Gasteiger partial charge in [0.05, 0.1) is 23.2 Å². The molecule has 0 spiro atoms. The molecule has 0 unspecified atom stereocenters. The van der Waals surface area contributed by atoms with Crippen LogP contribution in [-0.4, -0.2) is 29.4 Å². The van der Waals surface area contributed by atoms with Crippen LogP contribution in [0.4, 0.5) is 0 Å². The Kier molecular flexibility index (Phi) is 4.02. The highest BCUT2D eigenvalue weighted by Crippen LogP contribution is 2.38. The molecule has 1 aliphatic carbocycles. The van der Waals surface area contributed by atoms with Crippen molar-refractivity contribution < 1.29 is 4.79 Å². The normalized spacial score (nSPS) is 17.9. The second kappa shape index (κ2) is 5.36. The quantitative estimate of drug-likeness (QED) is 0.907. The van der Waals surface area contributed by atoms with E-state index in [2.05, 4.69) is 4.98 Å². The fraction of sp³-hybridized carbons (Fsp3) is 0.692. The average Bonchev–Trinajstić information content (AvgIpc) is 2.99. The van der Waals surface area contributed by atoms with Crippen molar-refractivity contribution in [2.45, 2.75) is 39.2 Å². The summed E-state index contributed by atoms with van der Waals surface area (Å²) in [5.74, 6) is 0.204. The third-order valence-electron chi connectivity index (χ3n) is 3.98. The van der Waals surface area contributed by atoms with Gasteiger partial charge in [-0.15, -0.1) is 11.3 Å². The maximum absolute atomic E-state index is 12.6. The average molecular weight is 267 g/mol. The van der Waals surface area contributed by atoms with Gasteiger partial charge in [0.2, 0.25) is 5.91 Å². The number of carbonyl (C=O) groups is 1. The van der Waals surface area contributed by atoms with Gasteiger partial charge in [0, 0.05) is 18.5 Å². The Morgan fingerprint density at radius 1 is 1.56 bits per heavy atom. The molecule has 100 valence electrons. The molecule has 1 aliphatic rings. The summed E-state index contributed by atoms with van der Waals surface area (Å²) in [5.41, 5.74) is 8.41. The molecule has 2 N–H and O–H groups in total. The molecule has 0 aromatic carbocycles. The number of aromatic nitrogens is 1. The zero-order chi connectivity index (χ0) is 13.2. The smallest absolute Gasteiger partial charge is 0.230 e. The monoisotopic (exact) mass is 267 g/mol. The highest BCUT2D eigenvalue weighted by molar-refractivity contribution is 7.09. The summed E-state index contributed by atoms with van der Waals surface area (Å²) in [6.07, 6.45) is 4.12. The van der Waals surface area contributed by atoms with Crippen molar-refractivity contribution in [3.05, 3.63) is 16.1 Å². The van der Waals surface area contributed by atoms with E-state index in [4.69, 9.17) is 5.73 Å². The molecular formula is C13H21N3OS. The molecule has 0 aliphatic heterocycles. The molecule has 4 nitrogen and oxygen atoms in total. The van der Waals surface area contributed by atoms with Gasteiger partial charge in [-0.3, -0.25) is 4.79 Å². The van der Waals surface area contributed by atoms with E-state index in [1.165, 1.54) is 0 Å². The van der Waals surface area contributed by atoms with Crippen LogP contribution in [0.1, 0.15) is 36.3 Å². The van der Waals surface area contributed by atoms with Crippen LogP contribution in [0.2, 0.25) is 0 Å². The van der Waals surface area contributed by atoms with Gasteiger partial charge in [-0.2, -0.15) is 0 Å². The van der Waals surface area contributed by atoms with Crippen LogP contribution in [0, 0.1) is 12.3 Å². The van der Waals surface area contributed by atoms with Crippen molar-refractivity contribution in [3.63, 3.8) is 0 Å². The summed E-state index contributed by atoms with van der Waals surface area (Å²) < 4.78 is 0. The minimum absolute atomic E-state index is 0.204. The minimum atomic E-state index is -0.298. The van der Waals surface area contributed by atoms with E-state index in [0.717, 1.165) is 36.3 Å². The predicted octanol–water partition coefficient (Wildman–Crippen LogP) is 1.93. The standard InChI is InChI=1S/C13H21N3OS/c1-10-11(18-9-15-10)7-16(2)12(17)13(8-14)5-3-4-6-13/h9H,3-8,14H2,1-2H3. The van der Waals surface area contributed by atoms with Gasteiger partial charge in [-0.25, -0.2) is 4.98 Å². The maximum atomic E-state index is 12.6. The van der Waals surface area contributed by atoms with E-state index in [-0.39, 0.29) is 11.3 Å². The number of nitrogens with zero attached hydrogens (tertiary/aromatic N) is 2. The molecule has 0 radical (unpaired) electrons. The lowest BCUT2D eigenvalue weighted by Gasteiger charge is -2.31. The lowest BCUT2D eigenvalue weighted by molar-refractivity contribution is -0.140. The van der Waals surface area contributed by atoms with Crippen LogP contribution in [0.15, 0.2) is 5.51 Å². The number of rotatable bonds is 4. The number of carbonyl (C=O) groups excluding carboxylic acids is 1. The molecule has 0 bridgehead atoms. The summed E-state index contributed by atoms with van der Waals surface area (Å²) in [6, 6.07) is 0. The Balaban J connectivity index is 2.06. The fourth-order valence-electron chi connectivity index (χ4n) is 2.73. The summed E-state index contributed by atoms with van der Waals surface area (Å²) in [6.45, 7) is 3.10. The predicted molar refractivity (Wildman–Crippen MR) is 73.3 cm³/mol. The number of nitrogens with two attached hydrogens (primary N) is 1. The fourth-order valence-corrected chi connectivity index (χ4v) is 3.56. The molecule has 1 aromatic heterocycles. The first-order valence-corrected chi connectivity index (χ1v) is 7.31. The second-order valence-corrected chi connectivity index (χ2v) is 6.15. The molecule has 1 saturated carbocycles. The summed E-state index contributed by atoms with van der Waals surface area (Å²) >= 11 is 1.61.